The number of hydrogen-bond acceptors (Lipinski definition) is 4. The van der Waals surface area contributed by atoms with Gasteiger partial charge < -0.3 is 15.2 Å². The van der Waals surface area contributed by atoms with Crippen LogP contribution in [-0.2, 0) is 20.7 Å². The first-order valence-corrected chi connectivity index (χ1v) is 7.81. The molecule has 130 valence electrons. The molecule has 2 rings (SSSR count). The molecule has 6 heteroatoms. The van der Waals surface area contributed by atoms with Gasteiger partial charge in [-0.25, -0.2) is 9.59 Å². The number of amides is 1. The molecule has 2 N–H and O–H groups in total. The van der Waals surface area contributed by atoms with E-state index in [9.17, 15) is 19.5 Å². The monoisotopic (exact) mass is 341 g/mol. The summed E-state index contributed by atoms with van der Waals surface area (Å²) in [6.45, 7) is 1.58. The van der Waals surface area contributed by atoms with Crippen LogP contribution < -0.4 is 5.32 Å². The lowest BCUT2D eigenvalue weighted by Gasteiger charge is -2.28. The average Bonchev–Trinajstić information content (AvgIpc) is 2.62. The van der Waals surface area contributed by atoms with Gasteiger partial charge in [0.05, 0.1) is 6.61 Å². The number of carbonyl (C=O) groups excluding carboxylic acids is 2. The number of esters is 1. The Hall–Kier alpha value is -3.15. The van der Waals surface area contributed by atoms with Gasteiger partial charge in [-0.15, -0.1) is 0 Å². The highest BCUT2D eigenvalue weighted by atomic mass is 16.5. The highest BCUT2D eigenvalue weighted by Gasteiger charge is 2.49. The van der Waals surface area contributed by atoms with E-state index in [-0.39, 0.29) is 18.6 Å². The lowest BCUT2D eigenvalue weighted by atomic mass is 9.90. The van der Waals surface area contributed by atoms with Crippen LogP contribution in [-0.4, -0.2) is 35.1 Å². The molecule has 2 aromatic carbocycles. The van der Waals surface area contributed by atoms with Crippen molar-refractivity contribution in [2.45, 2.75) is 18.9 Å². The van der Waals surface area contributed by atoms with Gasteiger partial charge >= 0.3 is 11.9 Å². The first-order chi connectivity index (χ1) is 12.0. The molecule has 0 saturated heterocycles. The first-order valence-electron chi connectivity index (χ1n) is 7.81. The van der Waals surface area contributed by atoms with Crippen LogP contribution in [0.15, 0.2) is 60.7 Å². The van der Waals surface area contributed by atoms with Crippen LogP contribution >= 0.6 is 0 Å². The largest absolute Gasteiger partial charge is 0.479 e. The molecule has 1 atom stereocenters. The number of hydrogen-bond donors (Lipinski definition) is 2. The van der Waals surface area contributed by atoms with Gasteiger partial charge in [0.2, 0.25) is 5.54 Å². The van der Waals surface area contributed by atoms with E-state index >= 15 is 0 Å². The number of benzene rings is 2. The van der Waals surface area contributed by atoms with Crippen LogP contribution in [0.4, 0.5) is 0 Å². The molecule has 0 unspecified atom stereocenters. The van der Waals surface area contributed by atoms with E-state index in [1.807, 2.05) is 0 Å². The zero-order valence-electron chi connectivity index (χ0n) is 13.8. The molecule has 1 amide bonds. The van der Waals surface area contributed by atoms with Crippen molar-refractivity contribution in [3.05, 3.63) is 71.8 Å². The molecule has 0 heterocycles. The Bertz CT molecular complexity index is 745. The predicted octanol–water partition coefficient (Wildman–Crippen LogP) is 2.05. The summed E-state index contributed by atoms with van der Waals surface area (Å²) in [4.78, 5) is 36.9. The fourth-order valence-electron chi connectivity index (χ4n) is 2.40. The third kappa shape index (κ3) is 4.23. The second-order valence-electron chi connectivity index (χ2n) is 5.41. The fraction of sp³-hybridized carbons (Fsp3) is 0.211. The Labute approximate surface area is 145 Å². The summed E-state index contributed by atoms with van der Waals surface area (Å²) in [5.41, 5.74) is -1.36. The van der Waals surface area contributed by atoms with Gasteiger partial charge in [0.15, 0.2) is 0 Å². The number of ether oxygens (including phenoxy) is 1. The third-order valence-electron chi connectivity index (χ3n) is 3.66. The Balaban J connectivity index is 2.40. The van der Waals surface area contributed by atoms with Crippen molar-refractivity contribution in [3.63, 3.8) is 0 Å². The molecule has 0 aliphatic rings. The minimum Gasteiger partial charge on any atom is -0.479 e. The minimum atomic E-state index is -2.20. The van der Waals surface area contributed by atoms with Crippen molar-refractivity contribution < 1.29 is 24.2 Å². The van der Waals surface area contributed by atoms with Crippen molar-refractivity contribution >= 4 is 17.8 Å². The maximum absolute atomic E-state index is 12.5. The van der Waals surface area contributed by atoms with Crippen LogP contribution in [0.25, 0.3) is 0 Å². The number of carbonyl (C=O) groups is 3. The molecule has 0 aromatic heterocycles. The first kappa shape index (κ1) is 18.2. The van der Waals surface area contributed by atoms with Crippen molar-refractivity contribution in [3.8, 4) is 0 Å². The van der Waals surface area contributed by atoms with E-state index in [2.05, 4.69) is 5.32 Å². The lowest BCUT2D eigenvalue weighted by Crippen LogP contribution is -2.62. The predicted molar refractivity (Wildman–Crippen MR) is 91.1 cm³/mol. The van der Waals surface area contributed by atoms with Gasteiger partial charge in [-0.2, -0.15) is 0 Å². The van der Waals surface area contributed by atoms with Crippen molar-refractivity contribution in [2.75, 3.05) is 6.61 Å². The maximum Gasteiger partial charge on any atom is 0.344 e. The molecule has 6 nitrogen and oxygen atoms in total. The van der Waals surface area contributed by atoms with Crippen LogP contribution in [0.3, 0.4) is 0 Å². The maximum atomic E-state index is 12.5. The molecule has 0 aliphatic heterocycles. The van der Waals surface area contributed by atoms with E-state index in [4.69, 9.17) is 4.74 Å². The topological polar surface area (TPSA) is 92.7 Å². The third-order valence-corrected chi connectivity index (χ3v) is 3.66. The second-order valence-corrected chi connectivity index (χ2v) is 5.41. The van der Waals surface area contributed by atoms with E-state index in [0.717, 1.165) is 0 Å². The summed E-state index contributed by atoms with van der Waals surface area (Å²) in [7, 11) is 0. The SMILES string of the molecule is CCOC(=O)[C@](Cc1ccccc1)(NC(=O)c1ccccc1)C(=O)O. The normalized spacial score (nSPS) is 12.7. The standard InChI is InChI=1S/C19H19NO5/c1-2-25-18(24)19(17(22)23,13-14-9-5-3-6-10-14)20-16(21)15-11-7-4-8-12-15/h3-12H,2,13H2,1H3,(H,20,21)(H,22,23)/t19-/m1/s1. The summed E-state index contributed by atoms with van der Waals surface area (Å²) in [6.07, 6.45) is -0.222. The van der Waals surface area contributed by atoms with E-state index in [1.165, 1.54) is 12.1 Å². The second kappa shape index (κ2) is 8.10. The number of nitrogens with one attached hydrogen (secondary N) is 1. The molecule has 0 aliphatic carbocycles. The van der Waals surface area contributed by atoms with Gasteiger partial charge in [0, 0.05) is 12.0 Å². The van der Waals surface area contributed by atoms with Crippen molar-refractivity contribution in [1.82, 2.24) is 5.32 Å². The molecular formula is C19H19NO5. The summed E-state index contributed by atoms with van der Waals surface area (Å²) in [6, 6.07) is 16.7. The summed E-state index contributed by atoms with van der Waals surface area (Å²) < 4.78 is 4.94. The van der Waals surface area contributed by atoms with E-state index < -0.39 is 23.4 Å². The molecule has 0 fully saturated rings. The summed E-state index contributed by atoms with van der Waals surface area (Å²) >= 11 is 0. The van der Waals surface area contributed by atoms with Gasteiger partial charge in [0.25, 0.3) is 5.91 Å². The highest BCUT2D eigenvalue weighted by molar-refractivity contribution is 6.09. The highest BCUT2D eigenvalue weighted by Crippen LogP contribution is 2.18. The number of carboxylic acids is 1. The molecule has 0 bridgehead atoms. The lowest BCUT2D eigenvalue weighted by molar-refractivity contribution is -0.162. The quantitative estimate of drug-likeness (QED) is 0.594. The van der Waals surface area contributed by atoms with Crippen LogP contribution in [0.1, 0.15) is 22.8 Å². The van der Waals surface area contributed by atoms with Gasteiger partial charge in [0.1, 0.15) is 0 Å². The zero-order valence-corrected chi connectivity index (χ0v) is 13.8. The minimum absolute atomic E-state index is 0.00383. The Morgan fingerprint density at radius 3 is 2.08 bits per heavy atom. The van der Waals surface area contributed by atoms with Crippen molar-refractivity contribution in [2.24, 2.45) is 0 Å². The molecule has 0 spiro atoms. The van der Waals surface area contributed by atoms with E-state index in [1.54, 1.807) is 55.5 Å². The molecule has 0 saturated carbocycles. The van der Waals surface area contributed by atoms with Gasteiger partial charge in [-0.05, 0) is 24.6 Å². The Morgan fingerprint density at radius 1 is 1.00 bits per heavy atom. The zero-order chi connectivity index (χ0) is 18.3. The molecule has 25 heavy (non-hydrogen) atoms. The van der Waals surface area contributed by atoms with Crippen LogP contribution in [0.5, 0.6) is 0 Å². The molecule has 2 aromatic rings. The fourth-order valence-corrected chi connectivity index (χ4v) is 2.40. The van der Waals surface area contributed by atoms with Gasteiger partial charge in [-0.3, -0.25) is 4.79 Å². The molecular weight excluding hydrogens is 322 g/mol. The smallest absolute Gasteiger partial charge is 0.344 e. The summed E-state index contributed by atoms with van der Waals surface area (Å²) in [5.74, 6) is -3.14. The Kier molecular flexibility index (Phi) is 5.89. The number of aliphatic carboxylic acids is 1. The van der Waals surface area contributed by atoms with E-state index in [0.29, 0.717) is 5.56 Å². The van der Waals surface area contributed by atoms with Crippen LogP contribution in [0.2, 0.25) is 0 Å². The molecule has 0 radical (unpaired) electrons. The average molecular weight is 341 g/mol. The number of carboxylic acid groups (broad SMARTS) is 1. The van der Waals surface area contributed by atoms with Gasteiger partial charge in [-0.1, -0.05) is 48.5 Å². The van der Waals surface area contributed by atoms with Crippen LogP contribution in [0, 0.1) is 0 Å². The van der Waals surface area contributed by atoms with Crippen molar-refractivity contribution in [1.29, 1.82) is 0 Å². The summed E-state index contributed by atoms with van der Waals surface area (Å²) in [5, 5.41) is 12.1. The number of rotatable bonds is 7. The Morgan fingerprint density at radius 2 is 1.56 bits per heavy atom.